The van der Waals surface area contributed by atoms with Gasteiger partial charge < -0.3 is 5.43 Å². The molecule has 0 radical (unpaired) electrons. The third kappa shape index (κ3) is 3.88. The molecule has 1 aliphatic carbocycles. The van der Waals surface area contributed by atoms with E-state index in [1.165, 1.54) is 12.1 Å². The average Bonchev–Trinajstić information content (AvgIpc) is 2.73. The Morgan fingerprint density at radius 1 is 1.14 bits per heavy atom. The van der Waals surface area contributed by atoms with Gasteiger partial charge in [-0.3, -0.25) is 10.2 Å². The van der Waals surface area contributed by atoms with E-state index in [2.05, 4.69) is 28.8 Å². The highest BCUT2D eigenvalue weighted by Crippen LogP contribution is 2.25. The normalized spacial score (nSPS) is 16.5. The standard InChI is InChI=1S/C23H22FN3O/c1-15-6-12-18(13-7-15)26-27-23(28)20-14-22(16-8-10-17(24)11-9-16)25-21-5-3-2-4-19(20)21/h2-5,8-12,14-15,26H,6-7,13H2,1H3,(H,27,28). The number of rotatable bonds is 4. The molecule has 1 aliphatic rings. The summed E-state index contributed by atoms with van der Waals surface area (Å²) in [7, 11) is 0. The lowest BCUT2D eigenvalue weighted by Crippen LogP contribution is -2.37. The van der Waals surface area contributed by atoms with Crippen LogP contribution in [0.2, 0.25) is 0 Å². The van der Waals surface area contributed by atoms with Crippen LogP contribution in [0.4, 0.5) is 4.39 Å². The van der Waals surface area contributed by atoms with Crippen molar-refractivity contribution in [2.75, 3.05) is 0 Å². The summed E-state index contributed by atoms with van der Waals surface area (Å²) in [4.78, 5) is 17.6. The number of benzene rings is 2. The van der Waals surface area contributed by atoms with Crippen LogP contribution in [0.3, 0.4) is 0 Å². The van der Waals surface area contributed by atoms with E-state index in [0.717, 1.165) is 41.4 Å². The van der Waals surface area contributed by atoms with Crippen molar-refractivity contribution in [2.45, 2.75) is 26.2 Å². The Morgan fingerprint density at radius 2 is 1.93 bits per heavy atom. The molecule has 0 saturated carbocycles. The maximum Gasteiger partial charge on any atom is 0.270 e. The molecule has 4 rings (SSSR count). The maximum absolute atomic E-state index is 13.3. The third-order valence-corrected chi connectivity index (χ3v) is 5.11. The number of hydrogen-bond acceptors (Lipinski definition) is 3. The number of carbonyl (C=O) groups is 1. The first-order valence-corrected chi connectivity index (χ1v) is 9.51. The number of para-hydroxylation sites is 1. The number of hydrazine groups is 1. The average molecular weight is 375 g/mol. The van der Waals surface area contributed by atoms with Crippen molar-refractivity contribution in [1.29, 1.82) is 0 Å². The van der Waals surface area contributed by atoms with Gasteiger partial charge in [-0.2, -0.15) is 0 Å². The van der Waals surface area contributed by atoms with Crippen LogP contribution >= 0.6 is 0 Å². The molecule has 4 nitrogen and oxygen atoms in total. The highest BCUT2D eigenvalue weighted by atomic mass is 19.1. The fraction of sp³-hybridized carbons (Fsp3) is 0.217. The quantitative estimate of drug-likeness (QED) is 0.633. The van der Waals surface area contributed by atoms with E-state index < -0.39 is 0 Å². The van der Waals surface area contributed by atoms with Gasteiger partial charge >= 0.3 is 0 Å². The van der Waals surface area contributed by atoms with E-state index in [-0.39, 0.29) is 11.7 Å². The number of nitrogens with zero attached hydrogens (tertiary/aromatic N) is 1. The lowest BCUT2D eigenvalue weighted by molar-refractivity contribution is 0.0939. The Balaban J connectivity index is 1.65. The molecule has 3 aromatic rings. The summed E-state index contributed by atoms with van der Waals surface area (Å²) in [5.41, 5.74) is 9.58. The summed E-state index contributed by atoms with van der Waals surface area (Å²) in [6.45, 7) is 2.23. The molecule has 2 aromatic carbocycles. The summed E-state index contributed by atoms with van der Waals surface area (Å²) in [6.07, 6.45) is 5.20. The zero-order valence-electron chi connectivity index (χ0n) is 15.7. The minimum atomic E-state index is -0.304. The number of aromatic nitrogens is 1. The molecule has 0 aliphatic heterocycles. The number of allylic oxidation sites excluding steroid dienone is 2. The maximum atomic E-state index is 13.3. The van der Waals surface area contributed by atoms with E-state index in [4.69, 9.17) is 0 Å². The summed E-state index contributed by atoms with van der Waals surface area (Å²) in [5.74, 6) is 0.159. The van der Waals surface area contributed by atoms with E-state index in [0.29, 0.717) is 17.2 Å². The predicted molar refractivity (Wildman–Crippen MR) is 109 cm³/mol. The number of nitrogens with one attached hydrogen (secondary N) is 2. The van der Waals surface area contributed by atoms with Gasteiger partial charge in [0.1, 0.15) is 5.82 Å². The lowest BCUT2D eigenvalue weighted by atomic mass is 9.95. The zero-order chi connectivity index (χ0) is 19.5. The van der Waals surface area contributed by atoms with Gasteiger partial charge in [0.15, 0.2) is 0 Å². The van der Waals surface area contributed by atoms with E-state index in [1.54, 1.807) is 18.2 Å². The molecule has 0 fully saturated rings. The van der Waals surface area contributed by atoms with E-state index in [1.807, 2.05) is 24.3 Å². The van der Waals surface area contributed by atoms with Crippen LogP contribution in [-0.4, -0.2) is 10.9 Å². The van der Waals surface area contributed by atoms with Crippen molar-refractivity contribution < 1.29 is 9.18 Å². The molecule has 1 aromatic heterocycles. The number of pyridine rings is 1. The van der Waals surface area contributed by atoms with Crippen molar-refractivity contribution in [1.82, 2.24) is 15.8 Å². The number of carbonyl (C=O) groups excluding carboxylic acids is 1. The molecule has 1 amide bonds. The second-order valence-corrected chi connectivity index (χ2v) is 7.27. The van der Waals surface area contributed by atoms with Gasteiger partial charge in [-0.25, -0.2) is 9.37 Å². The second kappa shape index (κ2) is 7.80. The van der Waals surface area contributed by atoms with Crippen LogP contribution < -0.4 is 10.9 Å². The van der Waals surface area contributed by atoms with Crippen molar-refractivity contribution in [3.8, 4) is 11.3 Å². The molecule has 1 unspecified atom stereocenters. The molecule has 5 heteroatoms. The Bertz CT molecular complexity index is 1040. The molecular formula is C23H22FN3O. The van der Waals surface area contributed by atoms with Crippen LogP contribution in [0.5, 0.6) is 0 Å². The van der Waals surface area contributed by atoms with Gasteiger partial charge in [0.2, 0.25) is 0 Å². The van der Waals surface area contributed by atoms with Gasteiger partial charge in [-0.1, -0.05) is 31.2 Å². The topological polar surface area (TPSA) is 54.0 Å². The van der Waals surface area contributed by atoms with Crippen molar-refractivity contribution in [3.05, 3.63) is 77.8 Å². The fourth-order valence-electron chi connectivity index (χ4n) is 3.41. The highest BCUT2D eigenvalue weighted by molar-refractivity contribution is 6.07. The SMILES string of the molecule is CC1CC=C(NNC(=O)c2cc(-c3ccc(F)cc3)nc3ccccc23)CC1. The lowest BCUT2D eigenvalue weighted by Gasteiger charge is -2.20. The number of amides is 1. The highest BCUT2D eigenvalue weighted by Gasteiger charge is 2.15. The molecular weight excluding hydrogens is 353 g/mol. The number of fused-ring (bicyclic) bond motifs is 1. The minimum Gasteiger partial charge on any atom is -0.303 e. The molecule has 142 valence electrons. The largest absolute Gasteiger partial charge is 0.303 e. The van der Waals surface area contributed by atoms with Crippen LogP contribution in [-0.2, 0) is 0 Å². The summed E-state index contributed by atoms with van der Waals surface area (Å²) in [5, 5.41) is 0.777. The van der Waals surface area contributed by atoms with Gasteiger partial charge in [0.05, 0.1) is 16.8 Å². The molecule has 0 saturated heterocycles. The first kappa shape index (κ1) is 18.2. The van der Waals surface area contributed by atoms with Gasteiger partial charge in [-0.05, 0) is 61.6 Å². The minimum absolute atomic E-state index is 0.221. The molecule has 2 N–H and O–H groups in total. The fourth-order valence-corrected chi connectivity index (χ4v) is 3.41. The summed E-state index contributed by atoms with van der Waals surface area (Å²) < 4.78 is 13.3. The Labute approximate surface area is 163 Å². The molecule has 0 spiro atoms. The van der Waals surface area contributed by atoms with Crippen molar-refractivity contribution in [2.24, 2.45) is 5.92 Å². The molecule has 0 bridgehead atoms. The molecule has 1 heterocycles. The second-order valence-electron chi connectivity index (χ2n) is 7.27. The molecule has 28 heavy (non-hydrogen) atoms. The Morgan fingerprint density at radius 3 is 2.68 bits per heavy atom. The third-order valence-electron chi connectivity index (χ3n) is 5.11. The summed E-state index contributed by atoms with van der Waals surface area (Å²) in [6, 6.07) is 15.4. The Hall–Kier alpha value is -3.21. The van der Waals surface area contributed by atoms with Crippen molar-refractivity contribution in [3.63, 3.8) is 0 Å². The van der Waals surface area contributed by atoms with Gasteiger partial charge in [0, 0.05) is 16.6 Å². The first-order valence-electron chi connectivity index (χ1n) is 9.51. The van der Waals surface area contributed by atoms with Crippen LogP contribution in [0.1, 0.15) is 36.5 Å². The van der Waals surface area contributed by atoms with Gasteiger partial charge in [-0.15, -0.1) is 0 Å². The molecule has 1 atom stereocenters. The Kier molecular flexibility index (Phi) is 5.06. The van der Waals surface area contributed by atoms with Crippen LogP contribution in [0.25, 0.3) is 22.2 Å². The smallest absolute Gasteiger partial charge is 0.270 e. The summed E-state index contributed by atoms with van der Waals surface area (Å²) >= 11 is 0. The zero-order valence-corrected chi connectivity index (χ0v) is 15.7. The monoisotopic (exact) mass is 375 g/mol. The van der Waals surface area contributed by atoms with Gasteiger partial charge in [0.25, 0.3) is 5.91 Å². The van der Waals surface area contributed by atoms with E-state index in [9.17, 15) is 9.18 Å². The van der Waals surface area contributed by atoms with Crippen LogP contribution in [0, 0.1) is 11.7 Å². The number of halogens is 1. The van der Waals surface area contributed by atoms with E-state index >= 15 is 0 Å². The first-order chi connectivity index (χ1) is 13.6. The number of hydrogen-bond donors (Lipinski definition) is 2. The van der Waals surface area contributed by atoms with Crippen molar-refractivity contribution >= 4 is 16.8 Å². The van der Waals surface area contributed by atoms with Crippen LogP contribution in [0.15, 0.2) is 66.4 Å². The predicted octanol–water partition coefficient (Wildman–Crippen LogP) is 4.98.